The minimum atomic E-state index is -3.79. The summed E-state index contributed by atoms with van der Waals surface area (Å²) in [6, 6.07) is 18.2. The van der Waals surface area contributed by atoms with Gasteiger partial charge in [-0.25, -0.2) is 8.42 Å². The van der Waals surface area contributed by atoms with Gasteiger partial charge >= 0.3 is 0 Å². The summed E-state index contributed by atoms with van der Waals surface area (Å²) in [6.45, 7) is 2.11. The van der Waals surface area contributed by atoms with Gasteiger partial charge in [0.05, 0.1) is 22.6 Å². The van der Waals surface area contributed by atoms with Crippen LogP contribution in [-0.4, -0.2) is 21.4 Å². The zero-order valence-electron chi connectivity index (χ0n) is 16.5. The third-order valence-electron chi connectivity index (χ3n) is 4.43. The second kappa shape index (κ2) is 9.19. The van der Waals surface area contributed by atoms with Gasteiger partial charge in [0.2, 0.25) is 0 Å². The van der Waals surface area contributed by atoms with Gasteiger partial charge in [-0.1, -0.05) is 47.5 Å². The molecule has 0 atom stereocenters. The molecule has 0 bridgehead atoms. The molecular weight excluding hydrogens is 424 g/mol. The van der Waals surface area contributed by atoms with Crippen molar-refractivity contribution in [1.82, 2.24) is 5.32 Å². The van der Waals surface area contributed by atoms with Crippen molar-refractivity contribution < 1.29 is 17.9 Å². The van der Waals surface area contributed by atoms with Crippen molar-refractivity contribution in [2.45, 2.75) is 18.4 Å². The Bertz CT molecular complexity index is 1160. The van der Waals surface area contributed by atoms with Crippen LogP contribution in [0.15, 0.2) is 71.6 Å². The van der Waals surface area contributed by atoms with Crippen molar-refractivity contribution in [1.29, 1.82) is 0 Å². The Morgan fingerprint density at radius 1 is 1.03 bits per heavy atom. The highest BCUT2D eigenvalue weighted by Gasteiger charge is 2.17. The molecule has 156 valence electrons. The van der Waals surface area contributed by atoms with Gasteiger partial charge in [-0.15, -0.1) is 0 Å². The molecule has 3 rings (SSSR count). The molecule has 0 saturated heterocycles. The standard InChI is InChI=1S/C22H21ClN2O4S/c1-15-7-10-18(11-8-15)30(27,28)25-17-9-12-20(23)19(13-17)22(26)24-14-16-5-3-4-6-21(16)29-2/h3-13,25H,14H2,1-2H3,(H,24,26). The van der Waals surface area contributed by atoms with E-state index in [2.05, 4.69) is 10.0 Å². The highest BCUT2D eigenvalue weighted by Crippen LogP contribution is 2.24. The molecule has 3 aromatic carbocycles. The summed E-state index contributed by atoms with van der Waals surface area (Å²) in [5.41, 5.74) is 2.16. The highest BCUT2D eigenvalue weighted by molar-refractivity contribution is 7.92. The number of nitrogens with one attached hydrogen (secondary N) is 2. The van der Waals surface area contributed by atoms with Gasteiger partial charge < -0.3 is 10.1 Å². The minimum absolute atomic E-state index is 0.130. The third-order valence-corrected chi connectivity index (χ3v) is 6.15. The Morgan fingerprint density at radius 2 is 1.73 bits per heavy atom. The zero-order chi connectivity index (χ0) is 21.7. The van der Waals surface area contributed by atoms with Crippen LogP contribution >= 0.6 is 11.6 Å². The molecule has 0 radical (unpaired) electrons. The topological polar surface area (TPSA) is 84.5 Å². The first-order valence-electron chi connectivity index (χ1n) is 9.09. The van der Waals surface area contributed by atoms with Gasteiger partial charge in [-0.2, -0.15) is 0 Å². The number of amides is 1. The van der Waals surface area contributed by atoms with Crippen LogP contribution in [-0.2, 0) is 16.6 Å². The van der Waals surface area contributed by atoms with Crippen molar-refractivity contribution >= 4 is 33.2 Å². The molecule has 0 heterocycles. The van der Waals surface area contributed by atoms with Crippen LogP contribution in [0, 0.1) is 6.92 Å². The number of hydrogen-bond acceptors (Lipinski definition) is 4. The quantitative estimate of drug-likeness (QED) is 0.566. The van der Waals surface area contributed by atoms with E-state index >= 15 is 0 Å². The zero-order valence-corrected chi connectivity index (χ0v) is 18.0. The Kier molecular flexibility index (Phi) is 6.64. The number of carbonyl (C=O) groups excluding carboxylic acids is 1. The molecule has 1 amide bonds. The van der Waals surface area contributed by atoms with Crippen molar-refractivity contribution in [2.24, 2.45) is 0 Å². The second-order valence-electron chi connectivity index (χ2n) is 6.61. The lowest BCUT2D eigenvalue weighted by Crippen LogP contribution is -2.23. The average molecular weight is 445 g/mol. The summed E-state index contributed by atoms with van der Waals surface area (Å²) < 4.78 is 33.0. The molecule has 0 unspecified atom stereocenters. The SMILES string of the molecule is COc1ccccc1CNC(=O)c1cc(NS(=O)(=O)c2ccc(C)cc2)ccc1Cl. The van der Waals surface area contributed by atoms with Crippen LogP contribution in [0.25, 0.3) is 0 Å². The van der Waals surface area contributed by atoms with Crippen LogP contribution in [0.1, 0.15) is 21.5 Å². The average Bonchev–Trinajstić information content (AvgIpc) is 2.73. The molecule has 0 spiro atoms. The number of carbonyl (C=O) groups is 1. The molecular formula is C22H21ClN2O4S. The van der Waals surface area contributed by atoms with Gasteiger partial charge in [0.25, 0.3) is 15.9 Å². The fourth-order valence-electron chi connectivity index (χ4n) is 2.81. The fourth-order valence-corrected chi connectivity index (χ4v) is 4.07. The van der Waals surface area contributed by atoms with E-state index in [0.29, 0.717) is 5.75 Å². The summed E-state index contributed by atoms with van der Waals surface area (Å²) >= 11 is 6.17. The predicted molar refractivity (Wildman–Crippen MR) is 118 cm³/mol. The van der Waals surface area contributed by atoms with Gasteiger partial charge in [0, 0.05) is 17.8 Å². The number of hydrogen-bond donors (Lipinski definition) is 2. The van der Waals surface area contributed by atoms with E-state index in [-0.39, 0.29) is 27.7 Å². The lowest BCUT2D eigenvalue weighted by Gasteiger charge is -2.12. The number of benzene rings is 3. The number of ether oxygens (including phenoxy) is 1. The predicted octanol–water partition coefficient (Wildman–Crippen LogP) is 4.39. The minimum Gasteiger partial charge on any atom is -0.496 e. The van der Waals surface area contributed by atoms with Crippen molar-refractivity contribution in [3.63, 3.8) is 0 Å². The van der Waals surface area contributed by atoms with Gasteiger partial charge in [-0.3, -0.25) is 9.52 Å². The normalized spacial score (nSPS) is 11.0. The summed E-state index contributed by atoms with van der Waals surface area (Å²) in [5.74, 6) is 0.228. The Labute approximate surface area is 180 Å². The van der Waals surface area contributed by atoms with E-state index in [4.69, 9.17) is 16.3 Å². The highest BCUT2D eigenvalue weighted by atomic mass is 35.5. The second-order valence-corrected chi connectivity index (χ2v) is 8.70. The smallest absolute Gasteiger partial charge is 0.261 e. The monoisotopic (exact) mass is 444 g/mol. The molecule has 3 aromatic rings. The molecule has 30 heavy (non-hydrogen) atoms. The first-order valence-corrected chi connectivity index (χ1v) is 11.0. The number of rotatable bonds is 7. The van der Waals surface area contributed by atoms with E-state index in [1.165, 1.54) is 30.3 Å². The van der Waals surface area contributed by atoms with Crippen molar-refractivity contribution in [2.75, 3.05) is 11.8 Å². The van der Waals surface area contributed by atoms with E-state index in [1.54, 1.807) is 25.3 Å². The van der Waals surface area contributed by atoms with E-state index in [9.17, 15) is 13.2 Å². The first kappa shape index (κ1) is 21.7. The maximum Gasteiger partial charge on any atom is 0.261 e. The number of halogens is 1. The molecule has 0 aliphatic carbocycles. The van der Waals surface area contributed by atoms with Crippen LogP contribution in [0.3, 0.4) is 0 Å². The molecule has 0 aliphatic heterocycles. The van der Waals surface area contributed by atoms with Crippen LogP contribution in [0.5, 0.6) is 5.75 Å². The van der Waals surface area contributed by atoms with Crippen molar-refractivity contribution in [3.8, 4) is 5.75 Å². The third kappa shape index (κ3) is 5.11. The Balaban J connectivity index is 1.77. The number of anilines is 1. The van der Waals surface area contributed by atoms with E-state index in [1.807, 2.05) is 25.1 Å². The Morgan fingerprint density at radius 3 is 2.43 bits per heavy atom. The van der Waals surface area contributed by atoms with Gasteiger partial charge in [0.1, 0.15) is 5.75 Å². The molecule has 8 heteroatoms. The number of aryl methyl sites for hydroxylation is 1. The molecule has 0 fully saturated rings. The number of sulfonamides is 1. The molecule has 0 aliphatic rings. The summed E-state index contributed by atoms with van der Waals surface area (Å²) in [6.07, 6.45) is 0. The first-order chi connectivity index (χ1) is 14.3. The maximum atomic E-state index is 12.7. The molecule has 0 aromatic heterocycles. The fraction of sp³-hybridized carbons (Fsp3) is 0.136. The van der Waals surface area contributed by atoms with E-state index < -0.39 is 15.9 Å². The van der Waals surface area contributed by atoms with Crippen LogP contribution in [0.2, 0.25) is 5.02 Å². The Hall–Kier alpha value is -3.03. The molecule has 6 nitrogen and oxygen atoms in total. The summed E-state index contributed by atoms with van der Waals surface area (Å²) in [7, 11) is -2.23. The van der Waals surface area contributed by atoms with Gasteiger partial charge in [-0.05, 0) is 43.3 Å². The van der Waals surface area contributed by atoms with Gasteiger partial charge in [0.15, 0.2) is 0 Å². The lowest BCUT2D eigenvalue weighted by molar-refractivity contribution is 0.0951. The lowest BCUT2D eigenvalue weighted by atomic mass is 10.1. The van der Waals surface area contributed by atoms with Crippen LogP contribution < -0.4 is 14.8 Å². The van der Waals surface area contributed by atoms with Crippen molar-refractivity contribution in [3.05, 3.63) is 88.4 Å². The number of methoxy groups -OCH3 is 1. The number of para-hydroxylation sites is 1. The maximum absolute atomic E-state index is 12.7. The van der Waals surface area contributed by atoms with E-state index in [0.717, 1.165) is 11.1 Å². The van der Waals surface area contributed by atoms with Crippen LogP contribution in [0.4, 0.5) is 5.69 Å². The largest absolute Gasteiger partial charge is 0.496 e. The molecule has 2 N–H and O–H groups in total. The summed E-state index contributed by atoms with van der Waals surface area (Å²) in [4.78, 5) is 12.8. The summed E-state index contributed by atoms with van der Waals surface area (Å²) in [5, 5.41) is 2.99. The molecule has 0 saturated carbocycles.